The second-order valence-corrected chi connectivity index (χ2v) is 4.97. The molecule has 1 saturated heterocycles. The number of pyridine rings is 1. The van der Waals surface area contributed by atoms with Crippen molar-refractivity contribution in [1.29, 1.82) is 0 Å². The number of halogens is 1. The minimum Gasteiger partial charge on any atom is -0.355 e. The number of hydrogen-bond donors (Lipinski definition) is 1. The molecule has 0 amide bonds. The third kappa shape index (κ3) is 2.52. The van der Waals surface area contributed by atoms with Crippen molar-refractivity contribution in [1.82, 2.24) is 10.3 Å². The highest BCUT2D eigenvalue weighted by atomic mass is 19.1. The maximum Gasteiger partial charge on any atom is 0.281 e. The summed E-state index contributed by atoms with van der Waals surface area (Å²) in [4.78, 5) is 17.0. The molecule has 110 valence electrons. The van der Waals surface area contributed by atoms with E-state index in [0.717, 1.165) is 32.1 Å². The van der Waals surface area contributed by atoms with E-state index in [1.54, 1.807) is 0 Å². The van der Waals surface area contributed by atoms with Crippen LogP contribution in [0.1, 0.15) is 6.42 Å². The smallest absolute Gasteiger partial charge is 0.281 e. The second-order valence-electron chi connectivity index (χ2n) is 4.97. The van der Waals surface area contributed by atoms with Crippen LogP contribution in [0.2, 0.25) is 0 Å². The van der Waals surface area contributed by atoms with Gasteiger partial charge in [-0.3, -0.25) is 10.1 Å². The molecule has 0 unspecified atom stereocenters. The summed E-state index contributed by atoms with van der Waals surface area (Å²) < 4.78 is 14.0. The molecule has 7 heteroatoms. The Hall–Kier alpha value is -2.28. The van der Waals surface area contributed by atoms with Crippen LogP contribution in [0, 0.1) is 15.9 Å². The van der Waals surface area contributed by atoms with Crippen LogP contribution in [0.5, 0.6) is 0 Å². The van der Waals surface area contributed by atoms with Crippen molar-refractivity contribution in [2.45, 2.75) is 6.42 Å². The molecule has 1 N–H and O–H groups in total. The SMILES string of the molecule is O=[N+]([O-])c1ccc(F)c2ccnc(N3CCCNCC3)c12. The maximum atomic E-state index is 14.0. The van der Waals surface area contributed by atoms with Gasteiger partial charge >= 0.3 is 0 Å². The molecule has 1 fully saturated rings. The molecule has 2 heterocycles. The van der Waals surface area contributed by atoms with Crippen molar-refractivity contribution in [3.05, 3.63) is 40.3 Å². The van der Waals surface area contributed by atoms with Crippen molar-refractivity contribution in [2.75, 3.05) is 31.1 Å². The molecule has 0 saturated carbocycles. The van der Waals surface area contributed by atoms with Gasteiger partial charge < -0.3 is 10.2 Å². The number of non-ortho nitro benzene ring substituents is 1. The third-order valence-electron chi connectivity index (χ3n) is 3.67. The quantitative estimate of drug-likeness (QED) is 0.677. The largest absolute Gasteiger partial charge is 0.355 e. The van der Waals surface area contributed by atoms with E-state index in [1.807, 2.05) is 4.90 Å². The van der Waals surface area contributed by atoms with Crippen molar-refractivity contribution in [3.63, 3.8) is 0 Å². The van der Waals surface area contributed by atoms with E-state index >= 15 is 0 Å². The number of nitro groups is 1. The Morgan fingerprint density at radius 3 is 2.95 bits per heavy atom. The number of aromatic nitrogens is 1. The molecule has 0 bridgehead atoms. The highest BCUT2D eigenvalue weighted by molar-refractivity contribution is 5.99. The van der Waals surface area contributed by atoms with Crippen LogP contribution >= 0.6 is 0 Å². The van der Waals surface area contributed by atoms with E-state index in [0.29, 0.717) is 12.4 Å². The highest BCUT2D eigenvalue weighted by Gasteiger charge is 2.22. The van der Waals surface area contributed by atoms with Gasteiger partial charge in [0.1, 0.15) is 17.0 Å². The molecule has 6 nitrogen and oxygen atoms in total. The molecule has 2 aromatic rings. The highest BCUT2D eigenvalue weighted by Crippen LogP contribution is 2.34. The summed E-state index contributed by atoms with van der Waals surface area (Å²) in [5.41, 5.74) is -0.105. The molecule has 0 aliphatic carbocycles. The van der Waals surface area contributed by atoms with Crippen LogP contribution in [0.4, 0.5) is 15.9 Å². The zero-order valence-electron chi connectivity index (χ0n) is 11.4. The van der Waals surface area contributed by atoms with Crippen molar-refractivity contribution in [3.8, 4) is 0 Å². The lowest BCUT2D eigenvalue weighted by atomic mass is 10.1. The number of benzene rings is 1. The standard InChI is InChI=1S/C14H15FN4O2/c15-11-2-3-12(19(20)21)13-10(11)4-6-17-14(13)18-8-1-5-16-7-9-18/h2-4,6,16H,1,5,7-9H2. The Morgan fingerprint density at radius 2 is 2.14 bits per heavy atom. The van der Waals surface area contributed by atoms with Crippen LogP contribution in [-0.4, -0.2) is 36.1 Å². The van der Waals surface area contributed by atoms with Crippen molar-refractivity contribution in [2.24, 2.45) is 0 Å². The van der Waals surface area contributed by atoms with E-state index in [1.165, 1.54) is 18.3 Å². The fraction of sp³-hybridized carbons (Fsp3) is 0.357. The molecule has 1 aromatic carbocycles. The average Bonchev–Trinajstić information content (AvgIpc) is 2.76. The lowest BCUT2D eigenvalue weighted by molar-refractivity contribution is -0.383. The van der Waals surface area contributed by atoms with Crippen LogP contribution in [0.25, 0.3) is 10.8 Å². The van der Waals surface area contributed by atoms with E-state index in [2.05, 4.69) is 10.3 Å². The Morgan fingerprint density at radius 1 is 1.29 bits per heavy atom. The van der Waals surface area contributed by atoms with Gasteiger partial charge in [-0.2, -0.15) is 0 Å². The van der Waals surface area contributed by atoms with Gasteiger partial charge in [-0.25, -0.2) is 9.37 Å². The predicted molar refractivity (Wildman–Crippen MR) is 78.1 cm³/mol. The Bertz CT molecular complexity index is 684. The van der Waals surface area contributed by atoms with Crippen LogP contribution < -0.4 is 10.2 Å². The van der Waals surface area contributed by atoms with E-state index in [9.17, 15) is 14.5 Å². The van der Waals surface area contributed by atoms with Gasteiger partial charge in [0.25, 0.3) is 5.69 Å². The fourth-order valence-corrected chi connectivity index (χ4v) is 2.68. The normalized spacial score (nSPS) is 16.0. The number of fused-ring (bicyclic) bond motifs is 1. The summed E-state index contributed by atoms with van der Waals surface area (Å²) in [6, 6.07) is 3.82. The summed E-state index contributed by atoms with van der Waals surface area (Å²) >= 11 is 0. The molecule has 0 radical (unpaired) electrons. The lowest BCUT2D eigenvalue weighted by Crippen LogP contribution is -2.28. The molecular weight excluding hydrogens is 275 g/mol. The lowest BCUT2D eigenvalue weighted by Gasteiger charge is -2.22. The zero-order valence-corrected chi connectivity index (χ0v) is 11.4. The van der Waals surface area contributed by atoms with Crippen LogP contribution in [0.3, 0.4) is 0 Å². The first-order valence-electron chi connectivity index (χ1n) is 6.86. The fourth-order valence-electron chi connectivity index (χ4n) is 2.68. The minimum absolute atomic E-state index is 0.105. The molecule has 0 atom stereocenters. The van der Waals surface area contributed by atoms with Gasteiger partial charge in [-0.15, -0.1) is 0 Å². The number of nitro benzene ring substituents is 1. The summed E-state index contributed by atoms with van der Waals surface area (Å²) in [7, 11) is 0. The first-order valence-corrected chi connectivity index (χ1v) is 6.86. The average molecular weight is 290 g/mol. The van der Waals surface area contributed by atoms with Gasteiger partial charge in [0.05, 0.1) is 4.92 Å². The summed E-state index contributed by atoms with van der Waals surface area (Å²) in [5, 5.41) is 15.0. The summed E-state index contributed by atoms with van der Waals surface area (Å²) in [6.07, 6.45) is 2.42. The van der Waals surface area contributed by atoms with E-state index in [4.69, 9.17) is 0 Å². The third-order valence-corrected chi connectivity index (χ3v) is 3.67. The first-order chi connectivity index (χ1) is 10.2. The Kier molecular flexibility index (Phi) is 3.66. The van der Waals surface area contributed by atoms with Crippen LogP contribution in [0.15, 0.2) is 24.4 Å². The maximum absolute atomic E-state index is 14.0. The summed E-state index contributed by atoms with van der Waals surface area (Å²) in [6.45, 7) is 3.12. The number of rotatable bonds is 2. The molecule has 21 heavy (non-hydrogen) atoms. The number of anilines is 1. The molecular formula is C14H15FN4O2. The molecule has 1 aliphatic rings. The molecule has 1 aromatic heterocycles. The van der Waals surface area contributed by atoms with Crippen LogP contribution in [-0.2, 0) is 0 Å². The second kappa shape index (κ2) is 5.61. The number of nitrogens with zero attached hydrogens (tertiary/aromatic N) is 3. The predicted octanol–water partition coefficient (Wildman–Crippen LogP) is 2.08. The van der Waals surface area contributed by atoms with Gasteiger partial charge in [0, 0.05) is 37.3 Å². The minimum atomic E-state index is -0.483. The monoisotopic (exact) mass is 290 g/mol. The van der Waals surface area contributed by atoms with E-state index < -0.39 is 10.7 Å². The van der Waals surface area contributed by atoms with Gasteiger partial charge in [0.15, 0.2) is 0 Å². The van der Waals surface area contributed by atoms with Crippen molar-refractivity contribution < 1.29 is 9.31 Å². The van der Waals surface area contributed by atoms with Crippen molar-refractivity contribution >= 4 is 22.3 Å². The molecule has 0 spiro atoms. The van der Waals surface area contributed by atoms with Gasteiger partial charge in [-0.05, 0) is 25.1 Å². The zero-order chi connectivity index (χ0) is 14.8. The summed E-state index contributed by atoms with van der Waals surface area (Å²) in [5.74, 6) is 0.0228. The first kappa shape index (κ1) is 13.7. The number of hydrogen-bond acceptors (Lipinski definition) is 5. The number of nitrogens with one attached hydrogen (secondary N) is 1. The molecule has 3 rings (SSSR count). The van der Waals surface area contributed by atoms with Gasteiger partial charge in [-0.1, -0.05) is 0 Å². The Labute approximate surface area is 120 Å². The Balaban J connectivity index is 2.21. The topological polar surface area (TPSA) is 71.3 Å². The van der Waals surface area contributed by atoms with Gasteiger partial charge in [0.2, 0.25) is 0 Å². The molecule has 1 aliphatic heterocycles. The van der Waals surface area contributed by atoms with E-state index in [-0.39, 0.29) is 16.5 Å².